The van der Waals surface area contributed by atoms with Crippen LogP contribution in [0.1, 0.15) is 26.7 Å². The molecule has 1 aromatic carbocycles. The van der Waals surface area contributed by atoms with E-state index in [9.17, 15) is 17.2 Å². The van der Waals surface area contributed by atoms with Crippen molar-refractivity contribution in [2.45, 2.75) is 43.7 Å². The molecule has 1 fully saturated rings. The van der Waals surface area contributed by atoms with E-state index in [1.54, 1.807) is 0 Å². The molecule has 0 unspecified atom stereocenters. The largest absolute Gasteiger partial charge is 0.301 e. The molecule has 1 saturated heterocycles. The van der Waals surface area contributed by atoms with E-state index in [0.717, 1.165) is 25.2 Å². The number of hydrogen-bond acceptors (Lipinski definition) is 3. The van der Waals surface area contributed by atoms with E-state index in [0.29, 0.717) is 24.9 Å². The Hall–Kier alpha value is -1.05. The minimum absolute atomic E-state index is 0.243. The molecule has 4 nitrogen and oxygen atoms in total. The molecule has 0 bridgehead atoms. The molecular weight excluding hydrogens is 298 g/mol. The van der Waals surface area contributed by atoms with E-state index in [1.807, 2.05) is 0 Å². The molecule has 1 aliphatic rings. The van der Waals surface area contributed by atoms with Gasteiger partial charge in [0.05, 0.1) is 0 Å². The van der Waals surface area contributed by atoms with E-state index in [1.165, 1.54) is 0 Å². The first kappa shape index (κ1) is 16.3. The fraction of sp³-hybridized carbons (Fsp3) is 0.571. The quantitative estimate of drug-likeness (QED) is 0.925. The van der Waals surface area contributed by atoms with Crippen LogP contribution in [0.2, 0.25) is 0 Å². The van der Waals surface area contributed by atoms with Gasteiger partial charge in [-0.25, -0.2) is 21.9 Å². The van der Waals surface area contributed by atoms with Crippen LogP contribution in [-0.2, 0) is 10.0 Å². The minimum atomic E-state index is -4.03. The van der Waals surface area contributed by atoms with Gasteiger partial charge in [-0.1, -0.05) is 0 Å². The van der Waals surface area contributed by atoms with E-state index in [-0.39, 0.29) is 6.04 Å². The Bertz CT molecular complexity index is 597. The van der Waals surface area contributed by atoms with Gasteiger partial charge in [0.15, 0.2) is 0 Å². The van der Waals surface area contributed by atoms with Crippen LogP contribution in [-0.4, -0.2) is 38.5 Å². The lowest BCUT2D eigenvalue weighted by Crippen LogP contribution is -2.46. The second-order valence-electron chi connectivity index (χ2n) is 5.60. The summed E-state index contributed by atoms with van der Waals surface area (Å²) >= 11 is 0. The molecule has 0 aromatic heterocycles. The molecule has 0 aliphatic carbocycles. The number of nitrogens with one attached hydrogen (secondary N) is 1. The second-order valence-corrected chi connectivity index (χ2v) is 7.28. The molecule has 1 aliphatic heterocycles. The summed E-state index contributed by atoms with van der Waals surface area (Å²) in [5.41, 5.74) is 0. The summed E-state index contributed by atoms with van der Waals surface area (Å²) in [5, 5.41) is 0. The van der Waals surface area contributed by atoms with Crippen LogP contribution in [0, 0.1) is 11.6 Å². The lowest BCUT2D eigenvalue weighted by atomic mass is 10.1. The number of benzene rings is 1. The topological polar surface area (TPSA) is 49.4 Å². The Balaban J connectivity index is 2.07. The lowest BCUT2D eigenvalue weighted by molar-refractivity contribution is 0.168. The summed E-state index contributed by atoms with van der Waals surface area (Å²) in [6.07, 6.45) is 1.32. The zero-order chi connectivity index (χ0) is 15.6. The fourth-order valence-corrected chi connectivity index (χ4v) is 3.89. The Kier molecular flexibility index (Phi) is 4.95. The molecule has 118 valence electrons. The first-order chi connectivity index (χ1) is 9.79. The smallest absolute Gasteiger partial charge is 0.243 e. The maximum absolute atomic E-state index is 13.6. The molecule has 0 atom stereocenters. The van der Waals surface area contributed by atoms with Crippen LogP contribution in [0.3, 0.4) is 0 Å². The first-order valence-corrected chi connectivity index (χ1v) is 8.49. The molecule has 21 heavy (non-hydrogen) atoms. The molecule has 0 spiro atoms. The maximum Gasteiger partial charge on any atom is 0.243 e. The molecule has 2 rings (SSSR count). The van der Waals surface area contributed by atoms with Gasteiger partial charge in [0.2, 0.25) is 10.0 Å². The third-order valence-corrected chi connectivity index (χ3v) is 5.30. The fourth-order valence-electron chi connectivity index (χ4n) is 2.50. The van der Waals surface area contributed by atoms with Crippen LogP contribution in [0.15, 0.2) is 23.1 Å². The van der Waals surface area contributed by atoms with E-state index >= 15 is 0 Å². The number of piperidine rings is 1. The molecule has 0 radical (unpaired) electrons. The average molecular weight is 318 g/mol. The number of nitrogens with zero attached hydrogens (tertiary/aromatic N) is 1. The number of rotatable bonds is 4. The summed E-state index contributed by atoms with van der Waals surface area (Å²) in [6.45, 7) is 5.76. The van der Waals surface area contributed by atoms with Gasteiger partial charge in [0.25, 0.3) is 0 Å². The standard InChI is InChI=1S/C14H20F2N2O2S/c1-10(2)18-7-5-12(6-8-18)17-21(19,20)14-9-11(15)3-4-13(14)16/h3-4,9-10,12,17H,5-8H2,1-2H3. The summed E-state index contributed by atoms with van der Waals surface area (Å²) in [4.78, 5) is 1.63. The third-order valence-electron chi connectivity index (χ3n) is 3.76. The van der Waals surface area contributed by atoms with Gasteiger partial charge in [0, 0.05) is 12.1 Å². The zero-order valence-corrected chi connectivity index (χ0v) is 13.0. The normalized spacial score (nSPS) is 18.3. The van der Waals surface area contributed by atoms with Crippen molar-refractivity contribution in [3.63, 3.8) is 0 Å². The van der Waals surface area contributed by atoms with Crippen molar-refractivity contribution < 1.29 is 17.2 Å². The van der Waals surface area contributed by atoms with Gasteiger partial charge in [-0.3, -0.25) is 0 Å². The van der Waals surface area contributed by atoms with Crippen molar-refractivity contribution in [1.82, 2.24) is 9.62 Å². The highest BCUT2D eigenvalue weighted by molar-refractivity contribution is 7.89. The minimum Gasteiger partial charge on any atom is -0.301 e. The molecule has 1 aromatic rings. The highest BCUT2D eigenvalue weighted by Gasteiger charge is 2.27. The monoisotopic (exact) mass is 318 g/mol. The van der Waals surface area contributed by atoms with Crippen molar-refractivity contribution in [2.24, 2.45) is 0 Å². The highest BCUT2D eigenvalue weighted by Crippen LogP contribution is 2.19. The van der Waals surface area contributed by atoms with Crippen LogP contribution >= 0.6 is 0 Å². The Morgan fingerprint density at radius 2 is 1.86 bits per heavy atom. The van der Waals surface area contributed by atoms with Crippen molar-refractivity contribution in [1.29, 1.82) is 0 Å². The van der Waals surface area contributed by atoms with Gasteiger partial charge >= 0.3 is 0 Å². The van der Waals surface area contributed by atoms with Crippen LogP contribution in [0.5, 0.6) is 0 Å². The van der Waals surface area contributed by atoms with E-state index in [2.05, 4.69) is 23.5 Å². The second kappa shape index (κ2) is 6.37. The van der Waals surface area contributed by atoms with Crippen LogP contribution in [0.25, 0.3) is 0 Å². The maximum atomic E-state index is 13.6. The molecule has 7 heteroatoms. The number of halogens is 2. The number of sulfonamides is 1. The molecule has 1 heterocycles. The van der Waals surface area contributed by atoms with Gasteiger partial charge in [0.1, 0.15) is 16.5 Å². The van der Waals surface area contributed by atoms with Crippen molar-refractivity contribution >= 4 is 10.0 Å². The number of hydrogen-bond donors (Lipinski definition) is 1. The van der Waals surface area contributed by atoms with Gasteiger partial charge in [-0.2, -0.15) is 0 Å². The molecule has 0 saturated carbocycles. The summed E-state index contributed by atoms with van der Waals surface area (Å²) < 4.78 is 53.5. The summed E-state index contributed by atoms with van der Waals surface area (Å²) in [6, 6.07) is 2.61. The predicted octanol–water partition coefficient (Wildman–Crippen LogP) is 2.12. The number of likely N-dealkylation sites (tertiary alicyclic amines) is 1. The summed E-state index contributed by atoms with van der Waals surface area (Å²) in [5.74, 6) is -1.71. The predicted molar refractivity (Wildman–Crippen MR) is 76.4 cm³/mol. The summed E-state index contributed by atoms with van der Waals surface area (Å²) in [7, 11) is -4.03. The van der Waals surface area contributed by atoms with Crippen LogP contribution < -0.4 is 4.72 Å². The molecule has 1 N–H and O–H groups in total. The van der Waals surface area contributed by atoms with Gasteiger partial charge < -0.3 is 4.90 Å². The zero-order valence-electron chi connectivity index (χ0n) is 12.1. The third kappa shape index (κ3) is 3.99. The Labute approximate surface area is 124 Å². The first-order valence-electron chi connectivity index (χ1n) is 7.01. The molecular formula is C14H20F2N2O2S. The van der Waals surface area contributed by atoms with E-state index < -0.39 is 26.6 Å². The van der Waals surface area contributed by atoms with Crippen LogP contribution in [0.4, 0.5) is 8.78 Å². The lowest BCUT2D eigenvalue weighted by Gasteiger charge is -2.34. The Morgan fingerprint density at radius 1 is 1.24 bits per heavy atom. The highest BCUT2D eigenvalue weighted by atomic mass is 32.2. The molecule has 0 amide bonds. The van der Waals surface area contributed by atoms with Crippen molar-refractivity contribution in [2.75, 3.05) is 13.1 Å². The van der Waals surface area contributed by atoms with Crippen molar-refractivity contribution in [3.05, 3.63) is 29.8 Å². The SMILES string of the molecule is CC(C)N1CCC(NS(=O)(=O)c2cc(F)ccc2F)CC1. The van der Waals surface area contributed by atoms with Gasteiger partial charge in [-0.15, -0.1) is 0 Å². The van der Waals surface area contributed by atoms with E-state index in [4.69, 9.17) is 0 Å². The van der Waals surface area contributed by atoms with Crippen molar-refractivity contribution in [3.8, 4) is 0 Å². The Morgan fingerprint density at radius 3 is 2.43 bits per heavy atom. The van der Waals surface area contributed by atoms with Gasteiger partial charge in [-0.05, 0) is 58.0 Å². The average Bonchev–Trinajstić information content (AvgIpc) is 2.41.